The van der Waals surface area contributed by atoms with Crippen molar-refractivity contribution in [2.24, 2.45) is 50.2 Å². The van der Waals surface area contributed by atoms with Crippen molar-refractivity contribution in [1.29, 1.82) is 0 Å². The van der Waals surface area contributed by atoms with Crippen LogP contribution in [-0.4, -0.2) is 244 Å². The molecule has 0 aromatic heterocycles. The minimum atomic E-state index is -2.08. The summed E-state index contributed by atoms with van der Waals surface area (Å²) in [5, 5.41) is 153. The quantitative estimate of drug-likeness (QED) is 0.0675. The molecular formula is C56H88O26. The fourth-order valence-electron chi connectivity index (χ4n) is 16.6. The molecule has 0 spiro atoms. The molecule has 0 aromatic rings. The van der Waals surface area contributed by atoms with Gasteiger partial charge in [0.05, 0.1) is 36.8 Å². The third kappa shape index (κ3) is 10.4. The van der Waals surface area contributed by atoms with Gasteiger partial charge in [0.2, 0.25) is 6.29 Å². The van der Waals surface area contributed by atoms with Crippen LogP contribution >= 0.6 is 0 Å². The van der Waals surface area contributed by atoms with E-state index in [0.717, 1.165) is 5.57 Å². The van der Waals surface area contributed by atoms with Gasteiger partial charge in [0.25, 0.3) is 0 Å². The van der Waals surface area contributed by atoms with Crippen molar-refractivity contribution in [3.05, 3.63) is 11.6 Å². The van der Waals surface area contributed by atoms with Crippen LogP contribution in [-0.2, 0) is 57.0 Å². The fourth-order valence-corrected chi connectivity index (χ4v) is 16.6. The van der Waals surface area contributed by atoms with Crippen LogP contribution in [0.2, 0.25) is 0 Å². The van der Waals surface area contributed by atoms with E-state index in [9.17, 15) is 81.1 Å². The topological polar surface area (TPSA) is 418 Å². The number of ether oxygens (including phenoxy) is 9. The summed E-state index contributed by atoms with van der Waals surface area (Å²) in [5.41, 5.74) is -3.93. The zero-order chi connectivity index (χ0) is 60.3. The number of hydrogen-bond donors (Lipinski definition) is 14. The first kappa shape index (κ1) is 63.8. The molecule has 26 heteroatoms. The Bertz CT molecular complexity index is 2360. The lowest BCUT2D eigenvalue weighted by molar-refractivity contribution is -0.373. The van der Waals surface area contributed by atoms with E-state index < -0.39 is 212 Å². The van der Waals surface area contributed by atoms with Gasteiger partial charge < -0.3 is 114 Å². The van der Waals surface area contributed by atoms with Gasteiger partial charge in [-0.15, -0.1) is 0 Å². The van der Waals surface area contributed by atoms with Gasteiger partial charge in [0.15, 0.2) is 25.0 Å². The molecule has 468 valence electrons. The molecule has 9 aliphatic rings. The summed E-state index contributed by atoms with van der Waals surface area (Å²) in [7, 11) is 0. The average molecular weight is 1180 g/mol. The standard InChI is InChI=1S/C56H88O26/c1-22-32(60)35(63)39(67)46(75-22)80-42-28(20-58)78-45(41(69)38(42)66)74-21-29-34(62)37(65)43(81-47-40(68)36(64)33(61)27(19-57)77-47)48(79-29)82-50(73)56-15-13-51(3,4)17-25(56)24-9-10-30-52(5)18-26(76-23(2)59)44(70)55(8,49(71)72)31(52)11-12-54(30,7)53(24,6)14-16-56/h9,22,25-48,57-58,60-70H,10-21H2,1-8H3,(H,71,72). The highest BCUT2D eigenvalue weighted by Gasteiger charge is 2.73. The molecular weight excluding hydrogens is 1090 g/mol. The van der Waals surface area contributed by atoms with Crippen LogP contribution in [0.1, 0.15) is 113 Å². The van der Waals surface area contributed by atoms with Crippen LogP contribution in [0.25, 0.3) is 0 Å². The number of fused-ring (bicyclic) bond motifs is 7. The predicted octanol–water partition coefficient (Wildman–Crippen LogP) is -2.40. The number of carboxylic acid groups (broad SMARTS) is 1. The van der Waals surface area contributed by atoms with Gasteiger partial charge in [-0.1, -0.05) is 46.3 Å². The highest BCUT2D eigenvalue weighted by Crippen LogP contribution is 2.76. The van der Waals surface area contributed by atoms with Crippen LogP contribution in [0.15, 0.2) is 11.6 Å². The van der Waals surface area contributed by atoms with Gasteiger partial charge in [-0.25, -0.2) is 0 Å². The van der Waals surface area contributed by atoms with E-state index in [1.165, 1.54) is 13.8 Å². The molecule has 5 aliphatic carbocycles. The Balaban J connectivity index is 0.998. The summed E-state index contributed by atoms with van der Waals surface area (Å²) in [6.07, 6.45) is -31.7. The van der Waals surface area contributed by atoms with Crippen LogP contribution in [0.5, 0.6) is 0 Å². The zero-order valence-electron chi connectivity index (χ0n) is 47.7. The van der Waals surface area contributed by atoms with E-state index in [2.05, 4.69) is 40.7 Å². The van der Waals surface area contributed by atoms with E-state index in [1.807, 2.05) is 0 Å². The van der Waals surface area contributed by atoms with Gasteiger partial charge in [-0.05, 0) is 111 Å². The zero-order valence-corrected chi connectivity index (χ0v) is 47.7. The number of allylic oxidation sites excluding steroid dienone is 2. The lowest BCUT2D eigenvalue weighted by Crippen LogP contribution is -2.69. The molecule has 30 unspecified atom stereocenters. The Hall–Kier alpha value is -2.65. The van der Waals surface area contributed by atoms with Gasteiger partial charge in [0.1, 0.15) is 97.7 Å². The molecule has 4 saturated heterocycles. The normalized spacial score (nSPS) is 52.8. The number of aliphatic hydroxyl groups is 13. The maximum absolute atomic E-state index is 15.7. The SMILES string of the molecule is CC(=O)OC1CC2(C)C(CCC3(C)C2CC=C2C4CC(C)(C)CCC4(C(=O)OC4OC(COC5OC(CO)C(OC6OC(C)C(O)C(O)C6O)C(O)C5O)C(O)C(O)C4OC4OC(CO)C(O)C(O)C4O)CCC23C)C(C)(C(=O)O)C1O. The number of aliphatic carboxylic acids is 1. The maximum atomic E-state index is 15.7. The third-order valence-electron chi connectivity index (χ3n) is 21.8. The monoisotopic (exact) mass is 1180 g/mol. The minimum absolute atomic E-state index is 0.150. The highest BCUT2D eigenvalue weighted by molar-refractivity contribution is 5.79. The molecule has 0 aromatic carbocycles. The van der Waals surface area contributed by atoms with Crippen molar-refractivity contribution in [2.75, 3.05) is 19.8 Å². The summed E-state index contributed by atoms with van der Waals surface area (Å²) < 4.78 is 52.9. The van der Waals surface area contributed by atoms with Crippen molar-refractivity contribution in [3.63, 3.8) is 0 Å². The fraction of sp³-hybridized carbons (Fsp3) is 0.911. The molecule has 0 radical (unpaired) electrons. The number of esters is 2. The van der Waals surface area contributed by atoms with Gasteiger partial charge in [-0.2, -0.15) is 0 Å². The largest absolute Gasteiger partial charge is 0.481 e. The lowest BCUT2D eigenvalue weighted by Gasteiger charge is -2.71. The van der Waals surface area contributed by atoms with Crippen molar-refractivity contribution in [2.45, 2.75) is 248 Å². The predicted molar refractivity (Wildman–Crippen MR) is 274 cm³/mol. The molecule has 4 heterocycles. The van der Waals surface area contributed by atoms with Crippen molar-refractivity contribution in [3.8, 4) is 0 Å². The van der Waals surface area contributed by atoms with Crippen LogP contribution < -0.4 is 0 Å². The van der Waals surface area contributed by atoms with Gasteiger partial charge >= 0.3 is 17.9 Å². The highest BCUT2D eigenvalue weighted by atomic mass is 16.8. The lowest BCUT2D eigenvalue weighted by atomic mass is 9.33. The number of carboxylic acids is 1. The van der Waals surface area contributed by atoms with Crippen molar-refractivity contribution >= 4 is 17.9 Å². The summed E-state index contributed by atoms with van der Waals surface area (Å²) in [6, 6.07) is 0. The average Bonchev–Trinajstić information content (AvgIpc) is 0.740. The molecule has 4 saturated carbocycles. The van der Waals surface area contributed by atoms with Gasteiger partial charge in [-0.3, -0.25) is 14.4 Å². The maximum Gasteiger partial charge on any atom is 0.315 e. The van der Waals surface area contributed by atoms with Crippen LogP contribution in [0, 0.1) is 50.2 Å². The first-order chi connectivity index (χ1) is 38.3. The van der Waals surface area contributed by atoms with E-state index in [1.54, 1.807) is 6.92 Å². The van der Waals surface area contributed by atoms with E-state index in [-0.39, 0.29) is 24.2 Å². The first-order valence-corrected chi connectivity index (χ1v) is 28.8. The first-order valence-electron chi connectivity index (χ1n) is 28.8. The Morgan fingerprint density at radius 2 is 1.16 bits per heavy atom. The summed E-state index contributed by atoms with van der Waals surface area (Å²) in [5.74, 6) is -3.64. The number of rotatable bonds is 13. The second-order valence-corrected chi connectivity index (χ2v) is 26.8. The van der Waals surface area contributed by atoms with E-state index in [4.69, 9.17) is 42.6 Å². The van der Waals surface area contributed by atoms with Gasteiger partial charge in [0, 0.05) is 6.92 Å². The second kappa shape index (κ2) is 23.1. The number of carbonyl (C=O) groups is 3. The molecule has 0 amide bonds. The molecule has 30 atom stereocenters. The summed E-state index contributed by atoms with van der Waals surface area (Å²) >= 11 is 0. The molecule has 4 aliphatic heterocycles. The molecule has 82 heavy (non-hydrogen) atoms. The Morgan fingerprint density at radius 3 is 1.79 bits per heavy atom. The Morgan fingerprint density at radius 1 is 0.598 bits per heavy atom. The van der Waals surface area contributed by atoms with E-state index >= 15 is 4.79 Å². The van der Waals surface area contributed by atoms with Crippen molar-refractivity contribution < 1.29 is 129 Å². The number of hydrogen-bond acceptors (Lipinski definition) is 25. The van der Waals surface area contributed by atoms with Crippen LogP contribution in [0.3, 0.4) is 0 Å². The van der Waals surface area contributed by atoms with E-state index in [0.29, 0.717) is 44.9 Å². The molecule has 9 rings (SSSR count). The molecule has 26 nitrogen and oxygen atoms in total. The van der Waals surface area contributed by atoms with Crippen molar-refractivity contribution in [1.82, 2.24) is 0 Å². The smallest absolute Gasteiger partial charge is 0.315 e. The van der Waals surface area contributed by atoms with Crippen LogP contribution in [0.4, 0.5) is 0 Å². The third-order valence-corrected chi connectivity index (χ3v) is 21.8. The summed E-state index contributed by atoms with van der Waals surface area (Å²) in [4.78, 5) is 41.4. The molecule has 8 fully saturated rings. The minimum Gasteiger partial charge on any atom is -0.481 e. The second-order valence-electron chi connectivity index (χ2n) is 26.8. The molecule has 0 bridgehead atoms. The Kier molecular flexibility index (Phi) is 18.0. The molecule has 14 N–H and O–H groups in total. The number of carbonyl (C=O) groups excluding carboxylic acids is 2. The number of aliphatic hydroxyl groups excluding tert-OH is 13. The summed E-state index contributed by atoms with van der Waals surface area (Å²) in [6.45, 7) is 12.4. The Labute approximate surface area is 475 Å².